The Labute approximate surface area is 192 Å². The summed E-state index contributed by atoms with van der Waals surface area (Å²) in [6.45, 7) is 1.32. The van der Waals surface area contributed by atoms with Gasteiger partial charge in [0.2, 0.25) is 0 Å². The van der Waals surface area contributed by atoms with Gasteiger partial charge in [-0.1, -0.05) is 6.07 Å². The molecule has 1 aliphatic carbocycles. The molecule has 8 nitrogen and oxygen atoms in total. The average Bonchev–Trinajstić information content (AvgIpc) is 3.28. The van der Waals surface area contributed by atoms with Crippen LogP contribution in [-0.4, -0.2) is 51.0 Å². The number of aromatic nitrogens is 3. The fourth-order valence-corrected chi connectivity index (χ4v) is 5.06. The smallest absolute Gasteiger partial charge is 0.267 e. The summed E-state index contributed by atoms with van der Waals surface area (Å²) in [6.07, 6.45) is 6.63. The van der Waals surface area contributed by atoms with Gasteiger partial charge < -0.3 is 15.3 Å². The van der Waals surface area contributed by atoms with E-state index in [2.05, 4.69) is 20.3 Å². The Bertz CT molecular complexity index is 1210. The van der Waals surface area contributed by atoms with Gasteiger partial charge in [-0.05, 0) is 68.9 Å². The van der Waals surface area contributed by atoms with E-state index < -0.39 is 6.10 Å². The van der Waals surface area contributed by atoms with Gasteiger partial charge in [0.1, 0.15) is 5.82 Å². The first kappa shape index (κ1) is 21.6. The lowest BCUT2D eigenvalue weighted by atomic mass is 10.0. The molecule has 2 N–H and O–H groups in total. The summed E-state index contributed by atoms with van der Waals surface area (Å²) in [5.74, 6) is 0.614. The lowest BCUT2D eigenvalue weighted by Crippen LogP contribution is -2.48. The van der Waals surface area contributed by atoms with Crippen molar-refractivity contribution in [3.63, 3.8) is 0 Å². The summed E-state index contributed by atoms with van der Waals surface area (Å²) in [7, 11) is 0. The largest absolute Gasteiger partial charge is 0.391 e. The van der Waals surface area contributed by atoms with E-state index in [4.69, 9.17) is 0 Å². The highest BCUT2D eigenvalue weighted by Gasteiger charge is 2.30. The first-order chi connectivity index (χ1) is 16.1. The minimum Gasteiger partial charge on any atom is -0.391 e. The molecule has 2 aromatic heterocycles. The summed E-state index contributed by atoms with van der Waals surface area (Å²) in [6, 6.07) is 12.5. The highest BCUT2D eigenvalue weighted by atomic mass is 16.3. The standard InChI is InChI=1S/C25H29N5O3/c31-22-8-3-7-21(22)30-24(32)12-11-23(28-30)29-14-2-1-6-19(29)16-27-25(33)18-9-10-20-17(15-18)5-4-13-26-20/h4-5,9-13,15,19,21-22,31H,1-3,6-8,14,16H2,(H,27,33). The summed E-state index contributed by atoms with van der Waals surface area (Å²) in [5, 5.41) is 18.9. The van der Waals surface area contributed by atoms with Crippen molar-refractivity contribution in [2.75, 3.05) is 18.0 Å². The Kier molecular flexibility index (Phi) is 6.09. The second kappa shape index (κ2) is 9.31. The molecule has 1 aliphatic heterocycles. The Morgan fingerprint density at radius 3 is 2.85 bits per heavy atom. The monoisotopic (exact) mass is 447 g/mol. The number of pyridine rings is 1. The third-order valence-corrected chi connectivity index (χ3v) is 6.85. The molecule has 0 spiro atoms. The van der Waals surface area contributed by atoms with E-state index in [1.54, 1.807) is 24.4 Å². The van der Waals surface area contributed by atoms with Crippen LogP contribution in [0.15, 0.2) is 53.5 Å². The quantitative estimate of drug-likeness (QED) is 0.624. The molecule has 172 valence electrons. The maximum Gasteiger partial charge on any atom is 0.267 e. The van der Waals surface area contributed by atoms with Gasteiger partial charge in [-0.25, -0.2) is 4.68 Å². The van der Waals surface area contributed by atoms with Crippen molar-refractivity contribution < 1.29 is 9.90 Å². The van der Waals surface area contributed by atoms with Crippen LogP contribution in [0.5, 0.6) is 0 Å². The van der Waals surface area contributed by atoms with Gasteiger partial charge >= 0.3 is 0 Å². The zero-order valence-electron chi connectivity index (χ0n) is 18.6. The lowest BCUT2D eigenvalue weighted by Gasteiger charge is -2.37. The predicted molar refractivity (Wildman–Crippen MR) is 126 cm³/mol. The summed E-state index contributed by atoms with van der Waals surface area (Å²) in [5.41, 5.74) is 1.29. The number of amides is 1. The maximum absolute atomic E-state index is 12.8. The van der Waals surface area contributed by atoms with E-state index in [1.165, 1.54) is 4.68 Å². The van der Waals surface area contributed by atoms with Crippen molar-refractivity contribution >= 4 is 22.6 Å². The van der Waals surface area contributed by atoms with Crippen LogP contribution < -0.4 is 15.8 Å². The van der Waals surface area contributed by atoms with Gasteiger partial charge in [0.15, 0.2) is 0 Å². The normalized spacial score (nSPS) is 23.1. The Hall–Kier alpha value is -3.26. The Balaban J connectivity index is 1.31. The third kappa shape index (κ3) is 4.48. The molecule has 0 bridgehead atoms. The molecule has 3 aromatic rings. The highest BCUT2D eigenvalue weighted by molar-refractivity contribution is 5.97. The molecule has 0 radical (unpaired) electrons. The SMILES string of the molecule is O=C(NCC1CCCCN1c1ccc(=O)n(C2CCCC2O)n1)c1ccc2ncccc2c1. The van der Waals surface area contributed by atoms with Crippen molar-refractivity contribution in [1.82, 2.24) is 20.1 Å². The second-order valence-electron chi connectivity index (χ2n) is 9.00. The van der Waals surface area contributed by atoms with Gasteiger partial charge in [-0.2, -0.15) is 5.10 Å². The van der Waals surface area contributed by atoms with Gasteiger partial charge in [-0.15, -0.1) is 0 Å². The number of nitrogens with one attached hydrogen (secondary N) is 1. The van der Waals surface area contributed by atoms with Crippen LogP contribution >= 0.6 is 0 Å². The molecule has 5 rings (SSSR count). The van der Waals surface area contributed by atoms with Crippen molar-refractivity contribution in [1.29, 1.82) is 0 Å². The molecule has 2 fully saturated rings. The number of aliphatic hydroxyl groups is 1. The molecule has 3 unspecified atom stereocenters. The number of nitrogens with zero attached hydrogens (tertiary/aromatic N) is 4. The van der Waals surface area contributed by atoms with E-state index in [-0.39, 0.29) is 23.6 Å². The maximum atomic E-state index is 12.8. The predicted octanol–water partition coefficient (Wildman–Crippen LogP) is 2.67. The van der Waals surface area contributed by atoms with Crippen molar-refractivity contribution in [3.8, 4) is 0 Å². The van der Waals surface area contributed by atoms with Crippen molar-refractivity contribution in [2.24, 2.45) is 0 Å². The molecule has 1 aromatic carbocycles. The van der Waals surface area contributed by atoms with E-state index in [9.17, 15) is 14.7 Å². The van der Waals surface area contributed by atoms with Gasteiger partial charge in [-0.3, -0.25) is 14.6 Å². The molecule has 1 saturated heterocycles. The fourth-order valence-electron chi connectivity index (χ4n) is 5.06. The summed E-state index contributed by atoms with van der Waals surface area (Å²) >= 11 is 0. The molecular formula is C25H29N5O3. The number of rotatable bonds is 5. The van der Waals surface area contributed by atoms with Gasteiger partial charge in [0, 0.05) is 42.3 Å². The van der Waals surface area contributed by atoms with E-state index >= 15 is 0 Å². The molecule has 33 heavy (non-hydrogen) atoms. The molecule has 1 saturated carbocycles. The van der Waals surface area contributed by atoms with Gasteiger partial charge in [0.05, 0.1) is 17.7 Å². The first-order valence-corrected chi connectivity index (χ1v) is 11.8. The van der Waals surface area contributed by atoms with Crippen LogP contribution in [0, 0.1) is 0 Å². The van der Waals surface area contributed by atoms with Crippen LogP contribution in [0.3, 0.4) is 0 Å². The van der Waals surface area contributed by atoms with Gasteiger partial charge in [0.25, 0.3) is 11.5 Å². The summed E-state index contributed by atoms with van der Waals surface area (Å²) < 4.78 is 1.46. The van der Waals surface area contributed by atoms with Crippen molar-refractivity contribution in [2.45, 2.75) is 56.7 Å². The van der Waals surface area contributed by atoms with Crippen LogP contribution in [0.2, 0.25) is 0 Å². The third-order valence-electron chi connectivity index (χ3n) is 6.85. The van der Waals surface area contributed by atoms with Crippen LogP contribution in [-0.2, 0) is 0 Å². The number of piperidine rings is 1. The molecule has 2 aliphatic rings. The zero-order valence-corrected chi connectivity index (χ0v) is 18.6. The van der Waals surface area contributed by atoms with Crippen LogP contribution in [0.1, 0.15) is 54.9 Å². The highest BCUT2D eigenvalue weighted by Crippen LogP contribution is 2.29. The average molecular weight is 448 g/mol. The fraction of sp³-hybridized carbons (Fsp3) is 0.440. The first-order valence-electron chi connectivity index (χ1n) is 11.8. The number of benzene rings is 1. The minimum atomic E-state index is -0.529. The molecular weight excluding hydrogens is 418 g/mol. The lowest BCUT2D eigenvalue weighted by molar-refractivity contribution is 0.0949. The number of carbonyl (C=O) groups is 1. The minimum absolute atomic E-state index is 0.0942. The number of aliphatic hydroxyl groups excluding tert-OH is 1. The van der Waals surface area contributed by atoms with Crippen LogP contribution in [0.4, 0.5) is 5.82 Å². The van der Waals surface area contributed by atoms with E-state index in [1.807, 2.05) is 24.3 Å². The topological polar surface area (TPSA) is 100 Å². The van der Waals surface area contributed by atoms with E-state index in [0.717, 1.165) is 55.4 Å². The Morgan fingerprint density at radius 1 is 1.09 bits per heavy atom. The van der Waals surface area contributed by atoms with E-state index in [0.29, 0.717) is 18.5 Å². The second-order valence-corrected chi connectivity index (χ2v) is 9.00. The number of fused-ring (bicyclic) bond motifs is 1. The number of hydrogen-bond donors (Lipinski definition) is 2. The molecule has 3 heterocycles. The number of anilines is 1. The van der Waals surface area contributed by atoms with Crippen molar-refractivity contribution in [3.05, 3.63) is 64.6 Å². The number of hydrogen-bond acceptors (Lipinski definition) is 6. The zero-order chi connectivity index (χ0) is 22.8. The molecule has 3 atom stereocenters. The summed E-state index contributed by atoms with van der Waals surface area (Å²) in [4.78, 5) is 31.8. The molecule has 1 amide bonds. The van der Waals surface area contributed by atoms with Crippen LogP contribution in [0.25, 0.3) is 10.9 Å². The Morgan fingerprint density at radius 2 is 2.00 bits per heavy atom. The number of carbonyl (C=O) groups excluding carboxylic acids is 1. The molecule has 8 heteroatoms.